The average molecular weight is 349 g/mol. The Hall–Kier alpha value is -2.90. The molecule has 0 saturated heterocycles. The highest BCUT2D eigenvalue weighted by Gasteiger charge is 2.28. The Balaban J connectivity index is 1.83. The minimum atomic E-state index is -4.41. The van der Waals surface area contributed by atoms with Crippen LogP contribution in [0.1, 0.15) is 11.4 Å². The number of pyridine rings is 1. The molecule has 0 radical (unpaired) electrons. The predicted octanol–water partition coefficient (Wildman–Crippen LogP) is 3.85. The first-order valence-corrected chi connectivity index (χ1v) is 7.40. The number of fused-ring (bicyclic) bond motifs is 1. The zero-order chi connectivity index (χ0) is 17.9. The SMILES string of the molecule is Cc1ncc(COc2ccnc3c(OCC(F)(F)F)cccc23)cn1. The first kappa shape index (κ1) is 16.9. The van der Waals surface area contributed by atoms with Crippen molar-refractivity contribution in [3.63, 3.8) is 0 Å². The van der Waals surface area contributed by atoms with E-state index in [-0.39, 0.29) is 12.4 Å². The number of ether oxygens (including phenoxy) is 2. The van der Waals surface area contributed by atoms with Gasteiger partial charge in [0.15, 0.2) is 6.61 Å². The Morgan fingerprint density at radius 2 is 1.72 bits per heavy atom. The highest BCUT2D eigenvalue weighted by molar-refractivity contribution is 5.89. The second-order valence-corrected chi connectivity index (χ2v) is 5.29. The Labute approximate surface area is 141 Å². The van der Waals surface area contributed by atoms with Gasteiger partial charge in [-0.2, -0.15) is 13.2 Å². The first-order valence-electron chi connectivity index (χ1n) is 7.40. The number of halogens is 3. The van der Waals surface area contributed by atoms with Crippen LogP contribution in [-0.2, 0) is 6.61 Å². The van der Waals surface area contributed by atoms with Crippen LogP contribution >= 0.6 is 0 Å². The van der Waals surface area contributed by atoms with Gasteiger partial charge >= 0.3 is 6.18 Å². The van der Waals surface area contributed by atoms with Gasteiger partial charge in [0.2, 0.25) is 0 Å². The lowest BCUT2D eigenvalue weighted by Crippen LogP contribution is -2.19. The lowest BCUT2D eigenvalue weighted by Gasteiger charge is -2.13. The molecule has 0 atom stereocenters. The van der Waals surface area contributed by atoms with E-state index in [0.717, 1.165) is 5.56 Å². The number of aryl methyl sites for hydroxylation is 1. The molecule has 2 heterocycles. The summed E-state index contributed by atoms with van der Waals surface area (Å²) in [4.78, 5) is 12.3. The van der Waals surface area contributed by atoms with E-state index in [1.165, 1.54) is 12.3 Å². The van der Waals surface area contributed by atoms with E-state index in [1.807, 2.05) is 0 Å². The van der Waals surface area contributed by atoms with Crippen LogP contribution in [0.15, 0.2) is 42.9 Å². The van der Waals surface area contributed by atoms with Crippen LogP contribution in [0.3, 0.4) is 0 Å². The second kappa shape index (κ2) is 6.92. The van der Waals surface area contributed by atoms with Crippen molar-refractivity contribution in [3.05, 3.63) is 54.2 Å². The Kier molecular flexibility index (Phi) is 4.69. The van der Waals surface area contributed by atoms with E-state index >= 15 is 0 Å². The van der Waals surface area contributed by atoms with Crippen LogP contribution < -0.4 is 9.47 Å². The van der Waals surface area contributed by atoms with Crippen LogP contribution in [0.5, 0.6) is 11.5 Å². The van der Waals surface area contributed by atoms with Gasteiger partial charge in [-0.15, -0.1) is 0 Å². The molecule has 0 bridgehead atoms. The van der Waals surface area contributed by atoms with Gasteiger partial charge in [-0.3, -0.25) is 4.98 Å². The number of benzene rings is 1. The maximum atomic E-state index is 12.4. The summed E-state index contributed by atoms with van der Waals surface area (Å²) in [7, 11) is 0. The van der Waals surface area contributed by atoms with Gasteiger partial charge in [-0.25, -0.2) is 9.97 Å². The Morgan fingerprint density at radius 3 is 2.44 bits per heavy atom. The predicted molar refractivity (Wildman–Crippen MR) is 84.4 cm³/mol. The molecule has 0 fully saturated rings. The molecule has 0 saturated carbocycles. The summed E-state index contributed by atoms with van der Waals surface area (Å²) in [6, 6.07) is 6.39. The average Bonchev–Trinajstić information content (AvgIpc) is 2.58. The molecule has 0 amide bonds. The van der Waals surface area contributed by atoms with Gasteiger partial charge in [0.1, 0.15) is 29.4 Å². The zero-order valence-corrected chi connectivity index (χ0v) is 13.2. The number of aromatic nitrogens is 3. The summed E-state index contributed by atoms with van der Waals surface area (Å²) in [5, 5.41) is 0.565. The summed E-state index contributed by atoms with van der Waals surface area (Å²) in [6.45, 7) is 0.635. The molecular formula is C17H14F3N3O2. The fourth-order valence-corrected chi connectivity index (χ4v) is 2.18. The normalized spacial score (nSPS) is 11.5. The second-order valence-electron chi connectivity index (χ2n) is 5.29. The Morgan fingerprint density at radius 1 is 0.960 bits per heavy atom. The van der Waals surface area contributed by atoms with Gasteiger partial charge in [-0.1, -0.05) is 6.07 Å². The number of nitrogens with zero attached hydrogens (tertiary/aromatic N) is 3. The molecule has 0 N–H and O–H groups in total. The van der Waals surface area contributed by atoms with Crippen molar-refractivity contribution in [2.75, 3.05) is 6.61 Å². The molecule has 3 rings (SSSR count). The lowest BCUT2D eigenvalue weighted by molar-refractivity contribution is -0.153. The smallest absolute Gasteiger partial charge is 0.422 e. The van der Waals surface area contributed by atoms with Gasteiger partial charge in [0.05, 0.1) is 0 Å². The van der Waals surface area contributed by atoms with Crippen molar-refractivity contribution in [2.45, 2.75) is 19.7 Å². The van der Waals surface area contributed by atoms with Crippen LogP contribution in [0.4, 0.5) is 13.2 Å². The summed E-state index contributed by atoms with van der Waals surface area (Å²) in [5.74, 6) is 1.20. The molecule has 0 aliphatic heterocycles. The van der Waals surface area contributed by atoms with E-state index in [9.17, 15) is 13.2 Å². The lowest BCUT2D eigenvalue weighted by atomic mass is 10.2. The van der Waals surface area contributed by atoms with Crippen LogP contribution in [0, 0.1) is 6.92 Å². The third-order valence-corrected chi connectivity index (χ3v) is 3.31. The molecule has 130 valence electrons. The van der Waals surface area contributed by atoms with Gasteiger partial charge in [-0.05, 0) is 25.1 Å². The van der Waals surface area contributed by atoms with E-state index in [2.05, 4.69) is 15.0 Å². The monoisotopic (exact) mass is 349 g/mol. The fourth-order valence-electron chi connectivity index (χ4n) is 2.18. The minimum Gasteiger partial charge on any atom is -0.488 e. The van der Waals surface area contributed by atoms with Crippen LogP contribution in [0.25, 0.3) is 10.9 Å². The molecule has 3 aromatic rings. The van der Waals surface area contributed by atoms with Crippen LogP contribution in [-0.4, -0.2) is 27.7 Å². The summed E-state index contributed by atoms with van der Waals surface area (Å²) in [6.07, 6.45) is 0.360. The topological polar surface area (TPSA) is 57.1 Å². The van der Waals surface area contributed by atoms with E-state index in [1.54, 1.807) is 37.5 Å². The molecule has 1 aromatic carbocycles. The van der Waals surface area contributed by atoms with Crippen molar-refractivity contribution >= 4 is 10.9 Å². The van der Waals surface area contributed by atoms with E-state index < -0.39 is 12.8 Å². The Bertz CT molecular complexity index is 867. The number of hydrogen-bond donors (Lipinski definition) is 0. The van der Waals surface area contributed by atoms with E-state index in [0.29, 0.717) is 22.5 Å². The third-order valence-electron chi connectivity index (χ3n) is 3.31. The minimum absolute atomic E-state index is 0.0546. The molecule has 0 aliphatic rings. The molecule has 0 unspecified atom stereocenters. The van der Waals surface area contributed by atoms with Crippen molar-refractivity contribution in [1.29, 1.82) is 0 Å². The standard InChI is InChI=1S/C17H14F3N3O2/c1-11-22-7-12(8-23-11)9-24-14-5-6-21-16-13(14)3-2-4-15(16)25-10-17(18,19)20/h2-8H,9-10H2,1H3. The van der Waals surface area contributed by atoms with Crippen LogP contribution in [0.2, 0.25) is 0 Å². The molecule has 5 nitrogen and oxygen atoms in total. The highest BCUT2D eigenvalue weighted by Crippen LogP contribution is 2.31. The van der Waals surface area contributed by atoms with Gasteiger partial charge in [0, 0.05) is 29.5 Å². The first-order chi connectivity index (χ1) is 11.9. The van der Waals surface area contributed by atoms with Gasteiger partial charge < -0.3 is 9.47 Å². The largest absolute Gasteiger partial charge is 0.488 e. The number of hydrogen-bond acceptors (Lipinski definition) is 5. The van der Waals surface area contributed by atoms with Crippen molar-refractivity contribution in [3.8, 4) is 11.5 Å². The summed E-state index contributed by atoms with van der Waals surface area (Å²) >= 11 is 0. The van der Waals surface area contributed by atoms with E-state index in [4.69, 9.17) is 9.47 Å². The summed E-state index contributed by atoms with van der Waals surface area (Å²) < 4.78 is 47.7. The molecular weight excluding hydrogens is 335 g/mol. The molecule has 25 heavy (non-hydrogen) atoms. The highest BCUT2D eigenvalue weighted by atomic mass is 19.4. The number of alkyl halides is 3. The summed E-state index contributed by atoms with van der Waals surface area (Å²) in [5.41, 5.74) is 1.09. The van der Waals surface area contributed by atoms with Crippen molar-refractivity contribution < 1.29 is 22.6 Å². The van der Waals surface area contributed by atoms with Crippen molar-refractivity contribution in [2.24, 2.45) is 0 Å². The number of para-hydroxylation sites is 1. The zero-order valence-electron chi connectivity index (χ0n) is 13.2. The maximum Gasteiger partial charge on any atom is 0.422 e. The number of rotatable bonds is 5. The molecule has 0 spiro atoms. The molecule has 0 aliphatic carbocycles. The third kappa shape index (κ3) is 4.34. The molecule has 8 heteroatoms. The quantitative estimate of drug-likeness (QED) is 0.700. The maximum absolute atomic E-state index is 12.4. The fraction of sp³-hybridized carbons (Fsp3) is 0.235. The van der Waals surface area contributed by atoms with Crippen molar-refractivity contribution in [1.82, 2.24) is 15.0 Å². The van der Waals surface area contributed by atoms with Gasteiger partial charge in [0.25, 0.3) is 0 Å². The molecule has 2 aromatic heterocycles.